The zero-order chi connectivity index (χ0) is 16.0. The molecular weight excluding hydrogens is 295 g/mol. The average molecular weight is 309 g/mol. The Hall–Kier alpha value is -2.57. The number of amides is 2. The molecule has 0 radical (unpaired) electrons. The second-order valence-electron chi connectivity index (χ2n) is 4.49. The average Bonchev–Trinajstić information content (AvgIpc) is 2.55. The second kappa shape index (κ2) is 6.93. The number of hydrogen-bond acceptors (Lipinski definition) is 2. The van der Waals surface area contributed by atoms with Gasteiger partial charge in [-0.25, -0.2) is 14.1 Å². The van der Waals surface area contributed by atoms with Crippen molar-refractivity contribution < 1.29 is 18.0 Å². The summed E-state index contributed by atoms with van der Waals surface area (Å²) in [4.78, 5) is 16.0. The van der Waals surface area contributed by atoms with Crippen LogP contribution in [-0.4, -0.2) is 23.7 Å². The number of para-hydroxylation sites is 1. The van der Waals surface area contributed by atoms with Gasteiger partial charge in [-0.1, -0.05) is 24.3 Å². The maximum atomic E-state index is 13.8. The summed E-state index contributed by atoms with van der Waals surface area (Å²) in [6, 6.07) is 5.55. The molecule has 0 aliphatic heterocycles. The summed E-state index contributed by atoms with van der Waals surface area (Å²) in [5, 5.41) is 2.34. The summed E-state index contributed by atoms with van der Waals surface area (Å²) in [5.41, 5.74) is 0.557. The molecular formula is C15H14F3N3O. The smallest absolute Gasteiger partial charge is 0.333 e. The molecule has 1 N–H and O–H groups in total. The number of pyridine rings is 1. The number of rotatable bonds is 5. The molecule has 0 atom stereocenters. The third-order valence-electron chi connectivity index (χ3n) is 2.87. The summed E-state index contributed by atoms with van der Waals surface area (Å²) < 4.78 is 40.2. The van der Waals surface area contributed by atoms with Crippen LogP contribution < -0.4 is 10.2 Å². The molecule has 7 heteroatoms. The van der Waals surface area contributed by atoms with Crippen LogP contribution >= 0.6 is 0 Å². The molecule has 2 rings (SSSR count). The van der Waals surface area contributed by atoms with Crippen molar-refractivity contribution in [3.63, 3.8) is 0 Å². The number of hydrogen-bond donors (Lipinski definition) is 1. The van der Waals surface area contributed by atoms with Gasteiger partial charge in [0.1, 0.15) is 0 Å². The SMILES string of the molecule is O=C(NCc1cccnc1)N(c1ccccc1)C(F)(F)CF. The largest absolute Gasteiger partial charge is 0.361 e. The summed E-state index contributed by atoms with van der Waals surface area (Å²) in [5.74, 6) is 0. The number of alkyl halides is 3. The minimum atomic E-state index is -3.93. The molecule has 2 aromatic rings. The van der Waals surface area contributed by atoms with Gasteiger partial charge in [0, 0.05) is 18.9 Å². The van der Waals surface area contributed by atoms with Gasteiger partial charge in [0.05, 0.1) is 5.69 Å². The Morgan fingerprint density at radius 2 is 1.91 bits per heavy atom. The van der Waals surface area contributed by atoms with Crippen LogP contribution in [0.15, 0.2) is 54.9 Å². The Bertz CT molecular complexity index is 608. The van der Waals surface area contributed by atoms with E-state index in [4.69, 9.17) is 0 Å². The topological polar surface area (TPSA) is 45.2 Å². The van der Waals surface area contributed by atoms with Crippen LogP contribution in [0.2, 0.25) is 0 Å². The first-order valence-corrected chi connectivity index (χ1v) is 6.50. The molecule has 116 valence electrons. The van der Waals surface area contributed by atoms with Gasteiger partial charge in [-0.3, -0.25) is 4.98 Å². The van der Waals surface area contributed by atoms with Crippen LogP contribution in [0.25, 0.3) is 0 Å². The molecule has 22 heavy (non-hydrogen) atoms. The van der Waals surface area contributed by atoms with Crippen LogP contribution in [0.4, 0.5) is 23.7 Å². The lowest BCUT2D eigenvalue weighted by molar-refractivity contribution is -0.0172. The van der Waals surface area contributed by atoms with E-state index in [1.165, 1.54) is 30.5 Å². The molecule has 0 aliphatic rings. The number of carbonyl (C=O) groups excluding carboxylic acids is 1. The van der Waals surface area contributed by atoms with Crippen molar-refractivity contribution in [2.24, 2.45) is 0 Å². The molecule has 4 nitrogen and oxygen atoms in total. The fourth-order valence-corrected chi connectivity index (χ4v) is 1.85. The molecule has 0 saturated carbocycles. The summed E-state index contributed by atoms with van der Waals surface area (Å²) in [6.45, 7) is -1.96. The monoisotopic (exact) mass is 309 g/mol. The zero-order valence-electron chi connectivity index (χ0n) is 11.5. The van der Waals surface area contributed by atoms with Gasteiger partial charge in [0.25, 0.3) is 0 Å². The highest BCUT2D eigenvalue weighted by molar-refractivity contribution is 5.92. The number of carbonyl (C=O) groups is 1. The number of nitrogens with one attached hydrogen (secondary N) is 1. The number of urea groups is 1. The molecule has 0 spiro atoms. The Morgan fingerprint density at radius 3 is 2.50 bits per heavy atom. The van der Waals surface area contributed by atoms with Crippen molar-refractivity contribution in [1.82, 2.24) is 10.3 Å². The van der Waals surface area contributed by atoms with Crippen molar-refractivity contribution in [2.75, 3.05) is 11.6 Å². The van der Waals surface area contributed by atoms with Crippen LogP contribution in [0.5, 0.6) is 0 Å². The number of anilines is 1. The van der Waals surface area contributed by atoms with Crippen LogP contribution in [0, 0.1) is 0 Å². The van der Waals surface area contributed by atoms with Crippen molar-refractivity contribution in [1.29, 1.82) is 0 Å². The van der Waals surface area contributed by atoms with Gasteiger partial charge in [0.15, 0.2) is 6.67 Å². The Morgan fingerprint density at radius 1 is 1.18 bits per heavy atom. The fourth-order valence-electron chi connectivity index (χ4n) is 1.85. The third kappa shape index (κ3) is 3.75. The quantitative estimate of drug-likeness (QED) is 0.861. The van der Waals surface area contributed by atoms with Crippen molar-refractivity contribution in [3.05, 3.63) is 60.4 Å². The Balaban J connectivity index is 2.17. The van der Waals surface area contributed by atoms with E-state index in [0.717, 1.165) is 0 Å². The first-order chi connectivity index (χ1) is 10.5. The van der Waals surface area contributed by atoms with Crippen molar-refractivity contribution in [2.45, 2.75) is 12.6 Å². The number of benzene rings is 1. The maximum Gasteiger partial charge on any atom is 0.361 e. The van der Waals surface area contributed by atoms with E-state index >= 15 is 0 Å². The van der Waals surface area contributed by atoms with E-state index in [9.17, 15) is 18.0 Å². The molecule has 0 bridgehead atoms. The Kier molecular flexibility index (Phi) is 4.98. The molecule has 0 saturated heterocycles. The van der Waals surface area contributed by atoms with Gasteiger partial charge in [-0.15, -0.1) is 0 Å². The van der Waals surface area contributed by atoms with E-state index in [1.807, 2.05) is 0 Å². The molecule has 1 aromatic heterocycles. The van der Waals surface area contributed by atoms with Gasteiger partial charge in [-0.05, 0) is 23.8 Å². The lowest BCUT2D eigenvalue weighted by Gasteiger charge is -2.29. The highest BCUT2D eigenvalue weighted by atomic mass is 19.3. The number of halogens is 3. The van der Waals surface area contributed by atoms with E-state index in [-0.39, 0.29) is 17.1 Å². The lowest BCUT2D eigenvalue weighted by Crippen LogP contribution is -2.52. The van der Waals surface area contributed by atoms with Gasteiger partial charge < -0.3 is 5.32 Å². The first-order valence-electron chi connectivity index (χ1n) is 6.50. The highest BCUT2D eigenvalue weighted by Gasteiger charge is 2.41. The minimum Gasteiger partial charge on any atom is -0.333 e. The second-order valence-corrected chi connectivity index (χ2v) is 4.49. The van der Waals surface area contributed by atoms with Gasteiger partial charge in [-0.2, -0.15) is 8.78 Å². The van der Waals surface area contributed by atoms with Gasteiger partial charge >= 0.3 is 12.1 Å². The van der Waals surface area contributed by atoms with E-state index in [1.54, 1.807) is 24.4 Å². The van der Waals surface area contributed by atoms with Crippen LogP contribution in [0.1, 0.15) is 5.56 Å². The van der Waals surface area contributed by atoms with Crippen LogP contribution in [0.3, 0.4) is 0 Å². The normalized spacial score (nSPS) is 11.0. The zero-order valence-corrected chi connectivity index (χ0v) is 11.5. The van der Waals surface area contributed by atoms with E-state index in [2.05, 4.69) is 10.3 Å². The summed E-state index contributed by atoms with van der Waals surface area (Å²) >= 11 is 0. The fraction of sp³-hybridized carbons (Fsp3) is 0.200. The molecule has 1 heterocycles. The van der Waals surface area contributed by atoms with Crippen molar-refractivity contribution >= 4 is 11.7 Å². The first kappa shape index (κ1) is 15.8. The standard InChI is InChI=1S/C15H14F3N3O/c16-11-15(17,18)21(13-6-2-1-3-7-13)14(22)20-10-12-5-4-8-19-9-12/h1-9H,10-11H2,(H,20,22). The summed E-state index contributed by atoms with van der Waals surface area (Å²) in [6.07, 6.45) is 3.05. The van der Waals surface area contributed by atoms with Crippen LogP contribution in [-0.2, 0) is 6.54 Å². The minimum absolute atomic E-state index is 0.0123. The highest BCUT2D eigenvalue weighted by Crippen LogP contribution is 2.27. The number of nitrogens with zero attached hydrogens (tertiary/aromatic N) is 2. The Labute approximate surface area is 125 Å². The summed E-state index contributed by atoms with van der Waals surface area (Å²) in [7, 11) is 0. The third-order valence-corrected chi connectivity index (χ3v) is 2.87. The molecule has 0 fully saturated rings. The van der Waals surface area contributed by atoms with E-state index in [0.29, 0.717) is 5.56 Å². The predicted octanol–water partition coefficient (Wildman–Crippen LogP) is 3.36. The lowest BCUT2D eigenvalue weighted by atomic mass is 10.2. The number of aromatic nitrogens is 1. The van der Waals surface area contributed by atoms with E-state index < -0.39 is 18.8 Å². The maximum absolute atomic E-state index is 13.8. The van der Waals surface area contributed by atoms with Gasteiger partial charge in [0.2, 0.25) is 0 Å². The van der Waals surface area contributed by atoms with Crippen molar-refractivity contribution in [3.8, 4) is 0 Å². The molecule has 0 aliphatic carbocycles. The predicted molar refractivity (Wildman–Crippen MR) is 76.3 cm³/mol. The molecule has 1 aromatic carbocycles. The molecule has 0 unspecified atom stereocenters. The molecule has 2 amide bonds.